The molecule has 2 aliphatic carbocycles. The molecule has 1 spiro atoms. The number of anilines is 2. The highest BCUT2D eigenvalue weighted by Gasteiger charge is 2.45. The Morgan fingerprint density at radius 3 is 2.52 bits per heavy atom. The number of nitrogens with one attached hydrogen (secondary N) is 2. The molecule has 2 saturated carbocycles. The number of aliphatic hydroxyl groups excluding tert-OH is 1. The summed E-state index contributed by atoms with van der Waals surface area (Å²) in [5, 5.41) is 27.8. The molecular weight excluding hydrogens is 348 g/mol. The molecule has 0 atom stereocenters. The zero-order valence-electron chi connectivity index (χ0n) is 15.5. The molecule has 8 heteroatoms. The van der Waals surface area contributed by atoms with Gasteiger partial charge in [-0.3, -0.25) is 10.1 Å². The van der Waals surface area contributed by atoms with E-state index in [1.54, 1.807) is 6.07 Å². The predicted molar refractivity (Wildman–Crippen MR) is 102 cm³/mol. The van der Waals surface area contributed by atoms with E-state index >= 15 is 0 Å². The van der Waals surface area contributed by atoms with Gasteiger partial charge in [0.15, 0.2) is 0 Å². The van der Waals surface area contributed by atoms with E-state index in [1.165, 1.54) is 6.20 Å². The van der Waals surface area contributed by atoms with Crippen LogP contribution in [0, 0.1) is 15.5 Å². The molecule has 0 bridgehead atoms. The minimum absolute atomic E-state index is 0.0209. The molecule has 1 aromatic heterocycles. The Kier molecular flexibility index (Phi) is 5.19. The fourth-order valence-corrected chi connectivity index (χ4v) is 4.74. The normalized spacial score (nSPS) is 27.7. The van der Waals surface area contributed by atoms with Crippen LogP contribution in [0.25, 0.3) is 0 Å². The summed E-state index contributed by atoms with van der Waals surface area (Å²) < 4.78 is 5.46. The minimum Gasteiger partial charge on any atom is -0.393 e. The molecule has 0 radical (unpaired) electrons. The molecule has 4 rings (SSSR count). The highest BCUT2D eigenvalue weighted by atomic mass is 16.6. The van der Waals surface area contributed by atoms with Gasteiger partial charge in [-0.15, -0.1) is 0 Å². The van der Waals surface area contributed by atoms with Crippen molar-refractivity contribution in [2.45, 2.75) is 69.6 Å². The van der Waals surface area contributed by atoms with Gasteiger partial charge in [-0.25, -0.2) is 4.98 Å². The van der Waals surface area contributed by atoms with Gasteiger partial charge in [0, 0.05) is 31.4 Å². The number of rotatable bonds is 5. The molecule has 3 aliphatic rings. The zero-order valence-corrected chi connectivity index (χ0v) is 15.5. The number of pyridine rings is 1. The number of ether oxygens (including phenoxy) is 1. The van der Waals surface area contributed by atoms with E-state index in [1.807, 2.05) is 0 Å². The Hall–Kier alpha value is -1.93. The smallest absolute Gasteiger partial charge is 0.310 e. The van der Waals surface area contributed by atoms with Crippen LogP contribution in [-0.4, -0.2) is 46.4 Å². The first-order valence-corrected chi connectivity index (χ1v) is 9.96. The average molecular weight is 376 g/mol. The van der Waals surface area contributed by atoms with E-state index in [2.05, 4.69) is 15.6 Å². The summed E-state index contributed by atoms with van der Waals surface area (Å²) >= 11 is 0. The van der Waals surface area contributed by atoms with E-state index in [4.69, 9.17) is 4.74 Å². The fraction of sp³-hybridized carbons (Fsp3) is 0.737. The SMILES string of the molecule is O=[N+]([O-])c1cnc(NC2CCC(O)CC2)cc1NC1CC2(CCOCC2)C1. The van der Waals surface area contributed by atoms with Gasteiger partial charge in [0.1, 0.15) is 17.7 Å². The number of nitrogens with zero attached hydrogens (tertiary/aromatic N) is 2. The van der Waals surface area contributed by atoms with Crippen LogP contribution in [0.2, 0.25) is 0 Å². The quantitative estimate of drug-likeness (QED) is 0.535. The van der Waals surface area contributed by atoms with Crippen LogP contribution in [0.5, 0.6) is 0 Å². The third-order valence-electron chi connectivity index (χ3n) is 6.40. The van der Waals surface area contributed by atoms with Crippen molar-refractivity contribution in [3.63, 3.8) is 0 Å². The van der Waals surface area contributed by atoms with Crippen LogP contribution >= 0.6 is 0 Å². The lowest BCUT2D eigenvalue weighted by atomic mass is 9.61. The third-order valence-corrected chi connectivity index (χ3v) is 6.40. The summed E-state index contributed by atoms with van der Waals surface area (Å²) in [5.74, 6) is 0.657. The van der Waals surface area contributed by atoms with E-state index in [0.717, 1.165) is 64.6 Å². The van der Waals surface area contributed by atoms with Crippen LogP contribution in [0.4, 0.5) is 17.2 Å². The average Bonchev–Trinajstić information content (AvgIpc) is 2.63. The molecule has 3 N–H and O–H groups in total. The van der Waals surface area contributed by atoms with Gasteiger partial charge >= 0.3 is 5.69 Å². The predicted octanol–water partition coefficient (Wildman–Crippen LogP) is 3.08. The molecular formula is C19H28N4O4. The lowest BCUT2D eigenvalue weighted by Crippen LogP contribution is -2.48. The first-order valence-electron chi connectivity index (χ1n) is 9.96. The van der Waals surface area contributed by atoms with Gasteiger partial charge in [-0.1, -0.05) is 0 Å². The van der Waals surface area contributed by atoms with Crippen LogP contribution < -0.4 is 10.6 Å². The number of hydrogen-bond acceptors (Lipinski definition) is 7. The monoisotopic (exact) mass is 376 g/mol. The van der Waals surface area contributed by atoms with Gasteiger partial charge in [0.25, 0.3) is 0 Å². The van der Waals surface area contributed by atoms with Crippen molar-refractivity contribution in [3.8, 4) is 0 Å². The first kappa shape index (κ1) is 18.4. The Morgan fingerprint density at radius 2 is 1.85 bits per heavy atom. The maximum absolute atomic E-state index is 11.4. The number of aliphatic hydroxyl groups is 1. The van der Waals surface area contributed by atoms with E-state index < -0.39 is 0 Å². The van der Waals surface area contributed by atoms with Crippen molar-refractivity contribution in [1.82, 2.24) is 4.98 Å². The van der Waals surface area contributed by atoms with Crippen molar-refractivity contribution in [2.75, 3.05) is 23.8 Å². The standard InChI is InChI=1S/C19H28N4O4/c24-15-3-1-13(2-4-15)22-18-9-16(17(12-20-18)23(25)26)21-14-10-19(11-14)5-7-27-8-6-19/h9,12-15,24H,1-8,10-11H2,(H2,20,21,22). The largest absolute Gasteiger partial charge is 0.393 e. The minimum atomic E-state index is -0.376. The molecule has 2 heterocycles. The van der Waals surface area contributed by atoms with E-state index in [0.29, 0.717) is 16.9 Å². The van der Waals surface area contributed by atoms with Crippen LogP contribution in [-0.2, 0) is 4.74 Å². The second kappa shape index (κ2) is 7.59. The molecule has 8 nitrogen and oxygen atoms in total. The molecule has 0 unspecified atom stereocenters. The fourth-order valence-electron chi connectivity index (χ4n) is 4.74. The van der Waals surface area contributed by atoms with Gasteiger partial charge < -0.3 is 20.5 Å². The summed E-state index contributed by atoms with van der Waals surface area (Å²) in [6.45, 7) is 1.65. The Balaban J connectivity index is 1.41. The highest BCUT2D eigenvalue weighted by molar-refractivity contribution is 5.66. The van der Waals surface area contributed by atoms with Crippen molar-refractivity contribution in [1.29, 1.82) is 0 Å². The van der Waals surface area contributed by atoms with Gasteiger partial charge in [-0.2, -0.15) is 0 Å². The lowest BCUT2D eigenvalue weighted by molar-refractivity contribution is -0.384. The Morgan fingerprint density at radius 1 is 1.15 bits per heavy atom. The summed E-state index contributed by atoms with van der Waals surface area (Å²) in [7, 11) is 0. The van der Waals surface area contributed by atoms with Gasteiger partial charge in [0.2, 0.25) is 0 Å². The summed E-state index contributed by atoms with van der Waals surface area (Å²) in [5.41, 5.74) is 0.926. The molecule has 3 fully saturated rings. The zero-order chi connectivity index (χ0) is 18.9. The Labute approximate surface area is 158 Å². The third kappa shape index (κ3) is 4.16. The molecule has 1 aromatic rings. The second-order valence-corrected chi connectivity index (χ2v) is 8.36. The van der Waals surface area contributed by atoms with E-state index in [9.17, 15) is 15.2 Å². The van der Waals surface area contributed by atoms with Crippen molar-refractivity contribution < 1.29 is 14.8 Å². The number of aromatic nitrogens is 1. The number of hydrogen-bond donors (Lipinski definition) is 3. The summed E-state index contributed by atoms with van der Waals surface area (Å²) in [4.78, 5) is 15.3. The summed E-state index contributed by atoms with van der Waals surface area (Å²) in [6.07, 6.45) is 8.72. The molecule has 148 valence electrons. The molecule has 1 aliphatic heterocycles. The lowest BCUT2D eigenvalue weighted by Gasteiger charge is -2.50. The first-order chi connectivity index (χ1) is 13.0. The van der Waals surface area contributed by atoms with Gasteiger partial charge in [-0.05, 0) is 56.8 Å². The van der Waals surface area contributed by atoms with Crippen molar-refractivity contribution in [2.24, 2.45) is 5.41 Å². The van der Waals surface area contributed by atoms with Crippen LogP contribution in [0.3, 0.4) is 0 Å². The number of nitro groups is 1. The second-order valence-electron chi connectivity index (χ2n) is 8.36. The van der Waals surface area contributed by atoms with Crippen molar-refractivity contribution in [3.05, 3.63) is 22.4 Å². The molecule has 0 amide bonds. The van der Waals surface area contributed by atoms with Crippen LogP contribution in [0.15, 0.2) is 12.3 Å². The maximum atomic E-state index is 11.4. The van der Waals surface area contributed by atoms with Crippen molar-refractivity contribution >= 4 is 17.2 Å². The topological polar surface area (TPSA) is 110 Å². The van der Waals surface area contributed by atoms with Crippen LogP contribution in [0.1, 0.15) is 51.4 Å². The maximum Gasteiger partial charge on any atom is 0.310 e. The molecule has 27 heavy (non-hydrogen) atoms. The van der Waals surface area contributed by atoms with E-state index in [-0.39, 0.29) is 28.8 Å². The summed E-state index contributed by atoms with van der Waals surface area (Å²) in [6, 6.07) is 2.28. The Bertz CT molecular complexity index is 676. The highest BCUT2D eigenvalue weighted by Crippen LogP contribution is 2.50. The molecule has 0 aromatic carbocycles. The molecule has 1 saturated heterocycles. The van der Waals surface area contributed by atoms with Gasteiger partial charge in [0.05, 0.1) is 11.0 Å².